The van der Waals surface area contributed by atoms with Crippen LogP contribution in [0.4, 0.5) is 0 Å². The summed E-state index contributed by atoms with van der Waals surface area (Å²) in [6.07, 6.45) is 1.92. The second-order valence-electron chi connectivity index (χ2n) is 9.96. The molecule has 176 valence electrons. The predicted molar refractivity (Wildman–Crippen MR) is 112 cm³/mol. The van der Waals surface area contributed by atoms with Gasteiger partial charge in [0.2, 0.25) is 12.1 Å². The van der Waals surface area contributed by atoms with Gasteiger partial charge in [0.15, 0.2) is 18.0 Å². The smallest absolute Gasteiger partial charge is 0.344 e. The lowest BCUT2D eigenvalue weighted by molar-refractivity contribution is -0.575. The van der Waals surface area contributed by atoms with Crippen LogP contribution in [0.5, 0.6) is 11.5 Å². The fourth-order valence-electron chi connectivity index (χ4n) is 5.99. The second kappa shape index (κ2) is 7.87. The first-order valence-electron chi connectivity index (χ1n) is 11.6. The minimum absolute atomic E-state index is 0.0684. The van der Waals surface area contributed by atoms with Crippen molar-refractivity contribution in [3.05, 3.63) is 24.3 Å². The molecule has 2 bridgehead atoms. The van der Waals surface area contributed by atoms with E-state index in [2.05, 4.69) is 13.8 Å². The van der Waals surface area contributed by atoms with Crippen LogP contribution >= 0.6 is 0 Å². The van der Waals surface area contributed by atoms with Crippen molar-refractivity contribution in [1.29, 1.82) is 0 Å². The molecule has 32 heavy (non-hydrogen) atoms. The van der Waals surface area contributed by atoms with E-state index in [1.165, 1.54) is 6.92 Å². The molecule has 1 aromatic rings. The van der Waals surface area contributed by atoms with Gasteiger partial charge in [-0.3, -0.25) is 0 Å². The van der Waals surface area contributed by atoms with E-state index in [0.717, 1.165) is 25.7 Å². The molecule has 6 rings (SSSR count). The molecule has 1 N–H and O–H groups in total. The van der Waals surface area contributed by atoms with Gasteiger partial charge in [0.1, 0.15) is 11.5 Å². The van der Waals surface area contributed by atoms with Crippen LogP contribution in [0.2, 0.25) is 0 Å². The van der Waals surface area contributed by atoms with Crippen LogP contribution in [0, 0.1) is 23.7 Å². The Hall–Kier alpha value is -1.87. The number of fused-ring (bicyclic) bond motifs is 2. The maximum Gasteiger partial charge on any atom is 0.344 e. The van der Waals surface area contributed by atoms with Crippen molar-refractivity contribution < 1.29 is 38.6 Å². The van der Waals surface area contributed by atoms with Crippen molar-refractivity contribution in [2.45, 2.75) is 83.5 Å². The average molecular weight is 449 g/mol. The first-order valence-corrected chi connectivity index (χ1v) is 11.6. The molecular weight excluding hydrogens is 416 g/mol. The summed E-state index contributed by atoms with van der Waals surface area (Å²) in [6.45, 7) is 7.83. The Morgan fingerprint density at radius 2 is 1.81 bits per heavy atom. The van der Waals surface area contributed by atoms with Crippen molar-refractivity contribution in [3.8, 4) is 11.5 Å². The standard InChI is InChI=1S/C24H32O8/c1-13-5-10-19-14(2)21(28-17-8-6-16(7-9-17)27-15(3)20(25)26)29-22-24(19)18(13)11-12-23(4,30-22)31-32-24/h6-9,13-15,18-19,21-22H,5,10-12H2,1-4H3,(H,25,26)/t13-,14-,15?,18+,19+,21+,22-,23-,24-/m1/s1. The molecule has 8 nitrogen and oxygen atoms in total. The molecule has 0 radical (unpaired) electrons. The van der Waals surface area contributed by atoms with E-state index in [1.54, 1.807) is 24.3 Å². The third-order valence-corrected chi connectivity index (χ3v) is 7.83. The lowest BCUT2D eigenvalue weighted by Crippen LogP contribution is -2.70. The average Bonchev–Trinajstić information content (AvgIpc) is 2.99. The van der Waals surface area contributed by atoms with Gasteiger partial charge in [-0.2, -0.15) is 0 Å². The number of rotatable bonds is 5. The van der Waals surface area contributed by atoms with Crippen molar-refractivity contribution in [1.82, 2.24) is 0 Å². The molecule has 5 fully saturated rings. The van der Waals surface area contributed by atoms with Gasteiger partial charge in [-0.05, 0) is 69.2 Å². The van der Waals surface area contributed by atoms with Gasteiger partial charge in [0, 0.05) is 18.3 Å². The molecule has 1 unspecified atom stereocenters. The van der Waals surface area contributed by atoms with Gasteiger partial charge in [-0.25, -0.2) is 14.6 Å². The highest BCUT2D eigenvalue weighted by Gasteiger charge is 2.69. The summed E-state index contributed by atoms with van der Waals surface area (Å²) < 4.78 is 24.4. The van der Waals surface area contributed by atoms with Crippen molar-refractivity contribution in [2.24, 2.45) is 23.7 Å². The lowest BCUT2D eigenvalue weighted by atomic mass is 9.58. The van der Waals surface area contributed by atoms with E-state index in [0.29, 0.717) is 23.3 Å². The molecule has 1 spiro atoms. The topological polar surface area (TPSA) is 92.7 Å². The van der Waals surface area contributed by atoms with Gasteiger partial charge in [0.25, 0.3) is 0 Å². The first kappa shape index (κ1) is 21.9. The third kappa shape index (κ3) is 3.48. The zero-order chi connectivity index (χ0) is 22.7. The molecule has 4 heterocycles. The first-order chi connectivity index (χ1) is 15.2. The Morgan fingerprint density at radius 1 is 1.09 bits per heavy atom. The molecule has 1 saturated carbocycles. The number of carbonyl (C=O) groups is 1. The number of aliphatic carboxylic acids is 1. The van der Waals surface area contributed by atoms with Crippen LogP contribution in [-0.2, 0) is 24.0 Å². The fraction of sp³-hybridized carbons (Fsp3) is 0.708. The maximum absolute atomic E-state index is 11.0. The van der Waals surface area contributed by atoms with Gasteiger partial charge in [-0.15, -0.1) is 0 Å². The van der Waals surface area contributed by atoms with Crippen molar-refractivity contribution >= 4 is 5.97 Å². The highest BCUT2D eigenvalue weighted by atomic mass is 17.3. The molecular formula is C24H32O8. The zero-order valence-corrected chi connectivity index (χ0v) is 19.0. The highest BCUT2D eigenvalue weighted by molar-refractivity contribution is 5.72. The molecule has 4 aliphatic heterocycles. The van der Waals surface area contributed by atoms with Crippen LogP contribution in [0.15, 0.2) is 24.3 Å². The third-order valence-electron chi connectivity index (χ3n) is 7.83. The van der Waals surface area contributed by atoms with E-state index in [1.807, 2.05) is 6.92 Å². The Kier molecular flexibility index (Phi) is 5.40. The summed E-state index contributed by atoms with van der Waals surface area (Å²) in [4.78, 5) is 23.0. The summed E-state index contributed by atoms with van der Waals surface area (Å²) >= 11 is 0. The summed E-state index contributed by atoms with van der Waals surface area (Å²) in [6, 6.07) is 6.92. The molecule has 1 aromatic carbocycles. The molecule has 5 aliphatic rings. The van der Waals surface area contributed by atoms with Crippen molar-refractivity contribution in [3.63, 3.8) is 0 Å². The number of carboxylic acid groups (broad SMARTS) is 1. The minimum Gasteiger partial charge on any atom is -0.479 e. The quantitative estimate of drug-likeness (QED) is 0.673. The molecule has 0 amide bonds. The molecule has 0 aromatic heterocycles. The Bertz CT molecular complexity index is 858. The lowest BCUT2D eigenvalue weighted by Gasteiger charge is -2.60. The predicted octanol–water partition coefficient (Wildman–Crippen LogP) is 4.13. The van der Waals surface area contributed by atoms with Gasteiger partial charge < -0.3 is 24.1 Å². The van der Waals surface area contributed by atoms with Gasteiger partial charge in [0.05, 0.1) is 0 Å². The zero-order valence-electron chi connectivity index (χ0n) is 19.0. The van der Waals surface area contributed by atoms with Crippen LogP contribution in [0.25, 0.3) is 0 Å². The summed E-state index contributed by atoms with van der Waals surface area (Å²) in [5.74, 6) is 0.339. The number of hydrogen-bond donors (Lipinski definition) is 1. The van der Waals surface area contributed by atoms with E-state index in [4.69, 9.17) is 33.8 Å². The Labute approximate surface area is 188 Å². The number of ether oxygens (including phenoxy) is 4. The van der Waals surface area contributed by atoms with E-state index in [9.17, 15) is 4.79 Å². The molecule has 8 heteroatoms. The number of hydrogen-bond acceptors (Lipinski definition) is 7. The van der Waals surface area contributed by atoms with Gasteiger partial charge >= 0.3 is 5.97 Å². The molecule has 9 atom stereocenters. The second-order valence-corrected chi connectivity index (χ2v) is 9.96. The Balaban J connectivity index is 1.36. The SMILES string of the molecule is CC(Oc1ccc(O[C@H]2O[C@@H]3O[C@@]4(C)CC[C@H]5[C@H](C)CC[C@@H]([C@H]2C)[C@@]35OO4)cc1)C(=O)O. The minimum atomic E-state index is -1.01. The van der Waals surface area contributed by atoms with Crippen LogP contribution < -0.4 is 9.47 Å². The van der Waals surface area contributed by atoms with E-state index in [-0.39, 0.29) is 11.8 Å². The normalized spacial score (nSPS) is 43.6. The summed E-state index contributed by atoms with van der Waals surface area (Å²) in [5.41, 5.74) is -0.613. The monoisotopic (exact) mass is 448 g/mol. The molecule has 1 aliphatic carbocycles. The highest BCUT2D eigenvalue weighted by Crippen LogP contribution is 2.60. The van der Waals surface area contributed by atoms with E-state index >= 15 is 0 Å². The van der Waals surface area contributed by atoms with Crippen LogP contribution in [0.3, 0.4) is 0 Å². The summed E-state index contributed by atoms with van der Waals surface area (Å²) in [7, 11) is 0. The largest absolute Gasteiger partial charge is 0.479 e. The maximum atomic E-state index is 11.0. The Morgan fingerprint density at radius 3 is 2.53 bits per heavy atom. The van der Waals surface area contributed by atoms with Crippen molar-refractivity contribution in [2.75, 3.05) is 0 Å². The van der Waals surface area contributed by atoms with Crippen LogP contribution in [-0.4, -0.2) is 41.1 Å². The van der Waals surface area contributed by atoms with E-state index < -0.39 is 36.0 Å². The number of carboxylic acids is 1. The molecule has 4 saturated heterocycles. The van der Waals surface area contributed by atoms with Crippen LogP contribution in [0.1, 0.15) is 53.4 Å². The number of benzene rings is 1. The summed E-state index contributed by atoms with van der Waals surface area (Å²) in [5, 5.41) is 9.01. The fourth-order valence-corrected chi connectivity index (χ4v) is 5.99. The van der Waals surface area contributed by atoms with Gasteiger partial charge in [-0.1, -0.05) is 13.8 Å².